The standard InChI is InChI=1S/C8H15IO/c1-2-7-3-4-8(5-9)10-6-7/h7-8H,2-6H2,1H3/t7-,8?/m1/s1. The Hall–Kier alpha value is 0.690. The van der Waals surface area contributed by atoms with E-state index >= 15 is 0 Å². The van der Waals surface area contributed by atoms with Crippen molar-refractivity contribution in [2.75, 3.05) is 11.0 Å². The molecule has 60 valence electrons. The molecule has 2 atom stereocenters. The Morgan fingerprint density at radius 1 is 1.50 bits per heavy atom. The first-order valence-corrected chi connectivity index (χ1v) is 5.57. The quantitative estimate of drug-likeness (QED) is 0.543. The van der Waals surface area contributed by atoms with Crippen molar-refractivity contribution < 1.29 is 4.74 Å². The van der Waals surface area contributed by atoms with Gasteiger partial charge in [-0.2, -0.15) is 0 Å². The van der Waals surface area contributed by atoms with Gasteiger partial charge in [0.05, 0.1) is 6.10 Å². The molecule has 1 rings (SSSR count). The maximum Gasteiger partial charge on any atom is 0.0664 e. The molecule has 1 saturated heterocycles. The van der Waals surface area contributed by atoms with Crippen LogP contribution < -0.4 is 0 Å². The van der Waals surface area contributed by atoms with Crippen LogP contribution in [0.2, 0.25) is 0 Å². The van der Waals surface area contributed by atoms with Crippen molar-refractivity contribution in [3.63, 3.8) is 0 Å². The Kier molecular flexibility index (Phi) is 3.99. The molecule has 1 aliphatic rings. The van der Waals surface area contributed by atoms with E-state index in [2.05, 4.69) is 29.5 Å². The molecular weight excluding hydrogens is 239 g/mol. The first-order valence-electron chi connectivity index (χ1n) is 4.04. The molecule has 0 aliphatic carbocycles. The second kappa shape index (κ2) is 4.54. The Morgan fingerprint density at radius 2 is 2.30 bits per heavy atom. The van der Waals surface area contributed by atoms with Gasteiger partial charge in [0.25, 0.3) is 0 Å². The fraction of sp³-hybridized carbons (Fsp3) is 1.00. The summed E-state index contributed by atoms with van der Waals surface area (Å²) in [6.45, 7) is 3.25. The van der Waals surface area contributed by atoms with Crippen LogP contribution in [-0.4, -0.2) is 17.1 Å². The van der Waals surface area contributed by atoms with Gasteiger partial charge in [-0.1, -0.05) is 35.9 Å². The molecule has 1 aliphatic heterocycles. The molecule has 0 N–H and O–H groups in total. The first kappa shape index (κ1) is 8.78. The molecule has 0 spiro atoms. The number of hydrogen-bond acceptors (Lipinski definition) is 1. The van der Waals surface area contributed by atoms with E-state index in [9.17, 15) is 0 Å². The van der Waals surface area contributed by atoms with Crippen LogP contribution in [0.1, 0.15) is 26.2 Å². The van der Waals surface area contributed by atoms with Gasteiger partial charge in [0.1, 0.15) is 0 Å². The maximum absolute atomic E-state index is 5.62. The van der Waals surface area contributed by atoms with Crippen molar-refractivity contribution in [1.29, 1.82) is 0 Å². The molecule has 1 nitrogen and oxygen atoms in total. The lowest BCUT2D eigenvalue weighted by Crippen LogP contribution is -2.26. The van der Waals surface area contributed by atoms with Gasteiger partial charge in [0, 0.05) is 11.0 Å². The summed E-state index contributed by atoms with van der Waals surface area (Å²) in [4.78, 5) is 0. The number of hydrogen-bond donors (Lipinski definition) is 0. The van der Waals surface area contributed by atoms with E-state index in [1.165, 1.54) is 19.3 Å². The number of alkyl halides is 1. The minimum absolute atomic E-state index is 0.559. The Morgan fingerprint density at radius 3 is 2.70 bits per heavy atom. The highest BCUT2D eigenvalue weighted by Crippen LogP contribution is 2.21. The lowest BCUT2D eigenvalue weighted by molar-refractivity contribution is -0.00153. The van der Waals surface area contributed by atoms with Crippen LogP contribution >= 0.6 is 22.6 Å². The molecule has 0 saturated carbocycles. The molecule has 10 heavy (non-hydrogen) atoms. The van der Waals surface area contributed by atoms with Crippen LogP contribution in [0.4, 0.5) is 0 Å². The zero-order valence-corrected chi connectivity index (χ0v) is 8.63. The Balaban J connectivity index is 2.17. The monoisotopic (exact) mass is 254 g/mol. The van der Waals surface area contributed by atoms with E-state index < -0.39 is 0 Å². The van der Waals surface area contributed by atoms with E-state index in [0.717, 1.165) is 17.0 Å². The second-order valence-corrected chi connectivity index (χ2v) is 3.84. The van der Waals surface area contributed by atoms with Gasteiger partial charge < -0.3 is 4.74 Å². The van der Waals surface area contributed by atoms with Crippen molar-refractivity contribution in [2.45, 2.75) is 32.3 Å². The first-order chi connectivity index (χ1) is 4.86. The third-order valence-corrected chi connectivity index (χ3v) is 3.20. The third-order valence-electron chi connectivity index (χ3n) is 2.21. The third kappa shape index (κ3) is 2.38. The number of rotatable bonds is 2. The van der Waals surface area contributed by atoms with Gasteiger partial charge in [-0.15, -0.1) is 0 Å². The average Bonchev–Trinajstić information content (AvgIpc) is 2.05. The van der Waals surface area contributed by atoms with Crippen LogP contribution in [0.5, 0.6) is 0 Å². The van der Waals surface area contributed by atoms with E-state index in [4.69, 9.17) is 4.74 Å². The SMILES string of the molecule is CC[C@@H]1CCC(CI)OC1. The Labute approximate surface area is 76.7 Å². The highest BCUT2D eigenvalue weighted by atomic mass is 127. The molecule has 0 aromatic heterocycles. The van der Waals surface area contributed by atoms with Crippen LogP contribution in [0.15, 0.2) is 0 Å². The van der Waals surface area contributed by atoms with Crippen molar-refractivity contribution in [1.82, 2.24) is 0 Å². The minimum Gasteiger partial charge on any atom is -0.377 e. The fourth-order valence-electron chi connectivity index (χ4n) is 1.30. The summed E-state index contributed by atoms with van der Waals surface area (Å²) in [5.41, 5.74) is 0. The van der Waals surface area contributed by atoms with E-state index in [-0.39, 0.29) is 0 Å². The number of halogens is 1. The average molecular weight is 254 g/mol. The lowest BCUT2D eigenvalue weighted by atomic mass is 9.97. The highest BCUT2D eigenvalue weighted by Gasteiger charge is 2.18. The zero-order valence-electron chi connectivity index (χ0n) is 6.48. The van der Waals surface area contributed by atoms with Crippen LogP contribution in [0, 0.1) is 5.92 Å². The summed E-state index contributed by atoms with van der Waals surface area (Å²) in [7, 11) is 0. The topological polar surface area (TPSA) is 9.23 Å². The molecule has 1 unspecified atom stereocenters. The molecule has 0 radical (unpaired) electrons. The Bertz CT molecular complexity index is 75.3. The van der Waals surface area contributed by atoms with Gasteiger partial charge >= 0.3 is 0 Å². The molecule has 1 heterocycles. The molecule has 0 bridgehead atoms. The molecule has 0 aromatic carbocycles. The van der Waals surface area contributed by atoms with Crippen molar-refractivity contribution in [2.24, 2.45) is 5.92 Å². The molecule has 1 fully saturated rings. The lowest BCUT2D eigenvalue weighted by Gasteiger charge is -2.26. The smallest absolute Gasteiger partial charge is 0.0664 e. The number of ether oxygens (including phenoxy) is 1. The maximum atomic E-state index is 5.62. The van der Waals surface area contributed by atoms with Crippen LogP contribution in [0.3, 0.4) is 0 Å². The van der Waals surface area contributed by atoms with Gasteiger partial charge in [0.2, 0.25) is 0 Å². The van der Waals surface area contributed by atoms with Crippen LogP contribution in [0.25, 0.3) is 0 Å². The molecule has 0 aromatic rings. The molecule has 0 amide bonds. The minimum atomic E-state index is 0.559. The second-order valence-electron chi connectivity index (χ2n) is 2.96. The summed E-state index contributed by atoms with van der Waals surface area (Å²) in [5.74, 6) is 0.846. The molecule has 2 heteroatoms. The van der Waals surface area contributed by atoms with Crippen LogP contribution in [-0.2, 0) is 4.74 Å². The van der Waals surface area contributed by atoms with E-state index in [0.29, 0.717) is 6.10 Å². The summed E-state index contributed by atoms with van der Waals surface area (Å²) >= 11 is 2.40. The van der Waals surface area contributed by atoms with Gasteiger partial charge in [-0.25, -0.2) is 0 Å². The van der Waals surface area contributed by atoms with Crippen molar-refractivity contribution in [3.8, 4) is 0 Å². The van der Waals surface area contributed by atoms with Gasteiger partial charge in [-0.3, -0.25) is 0 Å². The summed E-state index contributed by atoms with van der Waals surface area (Å²) in [5, 5.41) is 0. The van der Waals surface area contributed by atoms with Gasteiger partial charge in [0.15, 0.2) is 0 Å². The van der Waals surface area contributed by atoms with E-state index in [1.54, 1.807) is 0 Å². The summed E-state index contributed by atoms with van der Waals surface area (Å²) in [6.07, 6.45) is 4.50. The normalized spacial score (nSPS) is 34.2. The predicted octanol–water partition coefficient (Wildman–Crippen LogP) is 2.63. The summed E-state index contributed by atoms with van der Waals surface area (Å²) in [6, 6.07) is 0. The zero-order chi connectivity index (χ0) is 7.40. The van der Waals surface area contributed by atoms with Gasteiger partial charge in [-0.05, 0) is 18.8 Å². The van der Waals surface area contributed by atoms with Crippen molar-refractivity contribution in [3.05, 3.63) is 0 Å². The summed E-state index contributed by atoms with van der Waals surface area (Å²) < 4.78 is 6.78. The predicted molar refractivity (Wildman–Crippen MR) is 51.6 cm³/mol. The largest absolute Gasteiger partial charge is 0.377 e. The fourth-order valence-corrected chi connectivity index (χ4v) is 2.00. The molecular formula is C8H15IO. The highest BCUT2D eigenvalue weighted by molar-refractivity contribution is 14.1. The van der Waals surface area contributed by atoms with Crippen molar-refractivity contribution >= 4 is 22.6 Å². The van der Waals surface area contributed by atoms with E-state index in [1.807, 2.05) is 0 Å².